The maximum absolute atomic E-state index is 5.95. The number of likely N-dealkylation sites (N-methyl/N-ethyl adjacent to an activating group) is 1. The second-order valence-electron chi connectivity index (χ2n) is 5.28. The third-order valence-electron chi connectivity index (χ3n) is 3.90. The average molecular weight is 247 g/mol. The zero-order valence-electron chi connectivity index (χ0n) is 11.8. The number of aryl methyl sites for hydroxylation is 2. The highest BCUT2D eigenvalue weighted by Gasteiger charge is 2.25. The molecular formula is C16H25NO. The molecule has 0 aromatic heterocycles. The molecule has 0 saturated carbocycles. The second-order valence-corrected chi connectivity index (χ2v) is 5.28. The Morgan fingerprint density at radius 1 is 1.28 bits per heavy atom. The van der Waals surface area contributed by atoms with Crippen LogP contribution in [0.2, 0.25) is 0 Å². The average Bonchev–Trinajstić information content (AvgIpc) is 2.40. The summed E-state index contributed by atoms with van der Waals surface area (Å²) in [5, 5.41) is 3.59. The monoisotopic (exact) mass is 247 g/mol. The Labute approximate surface area is 111 Å². The first kappa shape index (κ1) is 13.6. The molecule has 0 amide bonds. The molecule has 2 heteroatoms. The smallest absolute Gasteiger partial charge is 0.0769 e. The van der Waals surface area contributed by atoms with E-state index >= 15 is 0 Å². The molecular weight excluding hydrogens is 222 g/mol. The minimum atomic E-state index is 0.334. The molecule has 1 aromatic rings. The van der Waals surface area contributed by atoms with Crippen molar-refractivity contribution in [3.63, 3.8) is 0 Å². The molecule has 2 nitrogen and oxygen atoms in total. The lowest BCUT2D eigenvalue weighted by molar-refractivity contribution is -0.00787. The van der Waals surface area contributed by atoms with Gasteiger partial charge in [-0.1, -0.05) is 25.1 Å². The molecule has 2 rings (SSSR count). The van der Waals surface area contributed by atoms with Gasteiger partial charge in [-0.05, 0) is 56.3 Å². The van der Waals surface area contributed by atoms with Gasteiger partial charge in [0.2, 0.25) is 0 Å². The lowest BCUT2D eigenvalue weighted by Gasteiger charge is -2.31. The van der Waals surface area contributed by atoms with Gasteiger partial charge in [0.25, 0.3) is 0 Å². The predicted octanol–water partition coefficient (Wildman–Crippen LogP) is 3.52. The molecule has 2 unspecified atom stereocenters. The van der Waals surface area contributed by atoms with Crippen LogP contribution in [0.25, 0.3) is 0 Å². The summed E-state index contributed by atoms with van der Waals surface area (Å²) in [6.07, 6.45) is 4.00. The van der Waals surface area contributed by atoms with Crippen LogP contribution in [0.15, 0.2) is 18.2 Å². The van der Waals surface area contributed by atoms with Gasteiger partial charge in [-0.2, -0.15) is 0 Å². The quantitative estimate of drug-likeness (QED) is 0.879. The Morgan fingerprint density at radius 2 is 2.11 bits per heavy atom. The van der Waals surface area contributed by atoms with E-state index in [1.54, 1.807) is 0 Å². The van der Waals surface area contributed by atoms with Crippen molar-refractivity contribution in [1.29, 1.82) is 0 Å². The lowest BCUT2D eigenvalue weighted by atomic mass is 9.93. The Kier molecular flexibility index (Phi) is 4.79. The highest BCUT2D eigenvalue weighted by molar-refractivity contribution is 5.32. The molecule has 18 heavy (non-hydrogen) atoms. The third kappa shape index (κ3) is 3.12. The van der Waals surface area contributed by atoms with Gasteiger partial charge < -0.3 is 10.1 Å². The van der Waals surface area contributed by atoms with Crippen molar-refractivity contribution in [2.45, 2.75) is 52.2 Å². The Bertz CT molecular complexity index is 383. The molecule has 1 N–H and O–H groups in total. The van der Waals surface area contributed by atoms with Gasteiger partial charge in [-0.15, -0.1) is 0 Å². The van der Waals surface area contributed by atoms with E-state index in [0.717, 1.165) is 13.2 Å². The third-order valence-corrected chi connectivity index (χ3v) is 3.90. The van der Waals surface area contributed by atoms with E-state index in [2.05, 4.69) is 44.3 Å². The van der Waals surface area contributed by atoms with Crippen LogP contribution in [-0.2, 0) is 4.74 Å². The number of nitrogens with one attached hydrogen (secondary N) is 1. The Hall–Kier alpha value is -0.860. The molecule has 1 aliphatic heterocycles. The minimum absolute atomic E-state index is 0.334. The van der Waals surface area contributed by atoms with Gasteiger partial charge in [-0.3, -0.25) is 0 Å². The van der Waals surface area contributed by atoms with E-state index < -0.39 is 0 Å². The van der Waals surface area contributed by atoms with Gasteiger partial charge in [0, 0.05) is 6.61 Å². The number of benzene rings is 1. The SMILES string of the molecule is CCNC(c1ccc(C)c(C)c1)C1CCCCO1. The molecule has 0 aliphatic carbocycles. The summed E-state index contributed by atoms with van der Waals surface area (Å²) in [5.41, 5.74) is 4.09. The van der Waals surface area contributed by atoms with Crippen LogP contribution in [0.4, 0.5) is 0 Å². The first-order valence-electron chi connectivity index (χ1n) is 7.14. The van der Waals surface area contributed by atoms with Crippen LogP contribution in [0.1, 0.15) is 48.9 Å². The summed E-state index contributed by atoms with van der Waals surface area (Å²) >= 11 is 0. The van der Waals surface area contributed by atoms with Gasteiger partial charge in [0.15, 0.2) is 0 Å². The Balaban J connectivity index is 2.19. The van der Waals surface area contributed by atoms with Crippen molar-refractivity contribution >= 4 is 0 Å². The first-order valence-corrected chi connectivity index (χ1v) is 7.14. The van der Waals surface area contributed by atoms with E-state index in [1.807, 2.05) is 0 Å². The lowest BCUT2D eigenvalue weighted by Crippen LogP contribution is -2.36. The van der Waals surface area contributed by atoms with Crippen LogP contribution in [0.3, 0.4) is 0 Å². The summed E-state index contributed by atoms with van der Waals surface area (Å²) in [5.74, 6) is 0. The van der Waals surface area contributed by atoms with Crippen molar-refractivity contribution in [1.82, 2.24) is 5.32 Å². The fourth-order valence-electron chi connectivity index (χ4n) is 2.67. The van der Waals surface area contributed by atoms with Crippen molar-refractivity contribution in [3.8, 4) is 0 Å². The molecule has 1 fully saturated rings. The van der Waals surface area contributed by atoms with E-state index in [1.165, 1.54) is 36.0 Å². The van der Waals surface area contributed by atoms with E-state index in [9.17, 15) is 0 Å². The van der Waals surface area contributed by atoms with Crippen LogP contribution in [-0.4, -0.2) is 19.3 Å². The molecule has 1 aromatic carbocycles. The fraction of sp³-hybridized carbons (Fsp3) is 0.625. The summed E-state index contributed by atoms with van der Waals surface area (Å²) in [6, 6.07) is 7.11. The second kappa shape index (κ2) is 6.35. The van der Waals surface area contributed by atoms with Gasteiger partial charge in [-0.25, -0.2) is 0 Å². The van der Waals surface area contributed by atoms with Crippen molar-refractivity contribution < 1.29 is 4.74 Å². The molecule has 0 spiro atoms. The van der Waals surface area contributed by atoms with Crippen LogP contribution in [0.5, 0.6) is 0 Å². The maximum atomic E-state index is 5.95. The standard InChI is InChI=1S/C16H25NO/c1-4-17-16(15-7-5-6-10-18-15)14-9-8-12(2)13(3)11-14/h8-9,11,15-17H,4-7,10H2,1-3H3. The molecule has 1 heterocycles. The predicted molar refractivity (Wildman–Crippen MR) is 75.9 cm³/mol. The highest BCUT2D eigenvalue weighted by Crippen LogP contribution is 2.27. The minimum Gasteiger partial charge on any atom is -0.376 e. The van der Waals surface area contributed by atoms with E-state index in [4.69, 9.17) is 4.74 Å². The van der Waals surface area contributed by atoms with E-state index in [-0.39, 0.29) is 0 Å². The summed E-state index contributed by atoms with van der Waals surface area (Å²) in [6.45, 7) is 8.41. The maximum Gasteiger partial charge on any atom is 0.0769 e. The summed E-state index contributed by atoms with van der Waals surface area (Å²) in [7, 11) is 0. The van der Waals surface area contributed by atoms with Crippen molar-refractivity contribution in [2.75, 3.05) is 13.2 Å². The highest BCUT2D eigenvalue weighted by atomic mass is 16.5. The van der Waals surface area contributed by atoms with Gasteiger partial charge in [0.1, 0.15) is 0 Å². The molecule has 0 bridgehead atoms. The van der Waals surface area contributed by atoms with Gasteiger partial charge >= 0.3 is 0 Å². The Morgan fingerprint density at radius 3 is 2.72 bits per heavy atom. The van der Waals surface area contributed by atoms with Gasteiger partial charge in [0.05, 0.1) is 12.1 Å². The number of rotatable bonds is 4. The van der Waals surface area contributed by atoms with Crippen LogP contribution < -0.4 is 5.32 Å². The normalized spacial score (nSPS) is 21.8. The molecule has 0 radical (unpaired) electrons. The first-order chi connectivity index (χ1) is 8.72. The van der Waals surface area contributed by atoms with Crippen LogP contribution >= 0.6 is 0 Å². The fourth-order valence-corrected chi connectivity index (χ4v) is 2.67. The zero-order chi connectivity index (χ0) is 13.0. The van der Waals surface area contributed by atoms with Crippen molar-refractivity contribution in [3.05, 3.63) is 34.9 Å². The molecule has 100 valence electrons. The largest absolute Gasteiger partial charge is 0.376 e. The zero-order valence-corrected chi connectivity index (χ0v) is 11.8. The number of ether oxygens (including phenoxy) is 1. The summed E-state index contributed by atoms with van der Waals surface area (Å²) in [4.78, 5) is 0. The van der Waals surface area contributed by atoms with E-state index in [0.29, 0.717) is 12.1 Å². The molecule has 2 atom stereocenters. The van der Waals surface area contributed by atoms with Crippen LogP contribution in [0, 0.1) is 13.8 Å². The molecule has 1 saturated heterocycles. The van der Waals surface area contributed by atoms with Crippen molar-refractivity contribution in [2.24, 2.45) is 0 Å². The number of hydrogen-bond donors (Lipinski definition) is 1. The topological polar surface area (TPSA) is 21.3 Å². The number of hydrogen-bond acceptors (Lipinski definition) is 2. The molecule has 1 aliphatic rings. The summed E-state index contributed by atoms with van der Waals surface area (Å²) < 4.78 is 5.95.